The maximum atomic E-state index is 12.6. The molecule has 0 unspecified atom stereocenters. The number of nitrogens with one attached hydrogen (secondary N) is 2. The Hall–Kier alpha value is -3.55. The number of carboxylic acids is 1. The number of hydrogen-bond donors (Lipinski definition) is 3. The molecule has 3 N–H and O–H groups in total. The molecule has 4 rings (SSSR count). The highest BCUT2D eigenvalue weighted by molar-refractivity contribution is 6.04. The van der Waals surface area contributed by atoms with Gasteiger partial charge in [0.2, 0.25) is 5.91 Å². The molecule has 8 nitrogen and oxygen atoms in total. The molecule has 2 aromatic carbocycles. The number of hydrogen-bond acceptors (Lipinski definition) is 5. The van der Waals surface area contributed by atoms with Gasteiger partial charge in [-0.25, -0.2) is 4.79 Å². The average Bonchev–Trinajstić information content (AvgIpc) is 2.84. The molecule has 0 atom stereocenters. The van der Waals surface area contributed by atoms with Gasteiger partial charge in [-0.15, -0.1) is 0 Å². The summed E-state index contributed by atoms with van der Waals surface area (Å²) in [5, 5.41) is 14.8. The first-order valence-electron chi connectivity index (χ1n) is 11.6. The number of fused-ring (bicyclic) bond motifs is 1. The van der Waals surface area contributed by atoms with Gasteiger partial charge in [-0.2, -0.15) is 0 Å². The lowest BCUT2D eigenvalue weighted by molar-refractivity contribution is -0.146. The number of rotatable bonds is 6. The second-order valence-corrected chi connectivity index (χ2v) is 9.40. The summed E-state index contributed by atoms with van der Waals surface area (Å²) in [7, 11) is 0. The third-order valence-electron chi connectivity index (χ3n) is 6.51. The Morgan fingerprint density at radius 1 is 0.912 bits per heavy atom. The fraction of sp³-hybridized carbons (Fsp3) is 0.423. The van der Waals surface area contributed by atoms with Crippen molar-refractivity contribution in [2.24, 2.45) is 5.92 Å². The summed E-state index contributed by atoms with van der Waals surface area (Å²) in [5.41, 5.74) is 1.10. The Bertz CT molecular complexity index is 1070. The fourth-order valence-electron chi connectivity index (χ4n) is 4.38. The molecular weight excluding hydrogens is 436 g/mol. The lowest BCUT2D eigenvalue weighted by Gasteiger charge is -2.30. The second-order valence-electron chi connectivity index (χ2n) is 9.40. The van der Waals surface area contributed by atoms with Gasteiger partial charge < -0.3 is 25.2 Å². The molecule has 2 amide bonds. The largest absolute Gasteiger partial charge is 0.486 e. The van der Waals surface area contributed by atoms with Crippen LogP contribution in [0.15, 0.2) is 42.5 Å². The highest BCUT2D eigenvalue weighted by Crippen LogP contribution is 2.36. The number of anilines is 1. The average molecular weight is 467 g/mol. The highest BCUT2D eigenvalue weighted by Gasteiger charge is 2.33. The molecule has 0 bridgehead atoms. The molecule has 2 aromatic rings. The quantitative estimate of drug-likeness (QED) is 0.594. The number of amides is 2. The van der Waals surface area contributed by atoms with Crippen molar-refractivity contribution in [3.05, 3.63) is 53.6 Å². The van der Waals surface area contributed by atoms with Crippen molar-refractivity contribution in [3.63, 3.8) is 0 Å². The Morgan fingerprint density at radius 3 is 2.21 bits per heavy atom. The van der Waals surface area contributed by atoms with Gasteiger partial charge in [0.05, 0.1) is 0 Å². The van der Waals surface area contributed by atoms with Crippen LogP contribution in [0.1, 0.15) is 61.4 Å². The van der Waals surface area contributed by atoms with Gasteiger partial charge in [0.25, 0.3) is 5.91 Å². The second kappa shape index (κ2) is 9.75. The van der Waals surface area contributed by atoms with Gasteiger partial charge in [0.15, 0.2) is 11.5 Å². The SMILES string of the molecule is CC(C)(NC(=O)[C@H]1CC[C@H](c2ccc(NC(=O)c3ccc4c(c3)OCCO4)cc2)CC1)C(=O)O. The number of carbonyl (C=O) groups excluding carboxylic acids is 2. The van der Waals surface area contributed by atoms with E-state index in [1.54, 1.807) is 18.2 Å². The first-order chi connectivity index (χ1) is 16.2. The molecule has 1 fully saturated rings. The zero-order valence-electron chi connectivity index (χ0n) is 19.4. The van der Waals surface area contributed by atoms with Crippen molar-refractivity contribution >= 4 is 23.5 Å². The van der Waals surface area contributed by atoms with E-state index in [2.05, 4.69) is 10.6 Å². The van der Waals surface area contributed by atoms with Gasteiger partial charge in [-0.3, -0.25) is 9.59 Å². The molecule has 8 heteroatoms. The van der Waals surface area contributed by atoms with Gasteiger partial charge in [-0.05, 0) is 81.3 Å². The van der Waals surface area contributed by atoms with Crippen molar-refractivity contribution < 1.29 is 29.0 Å². The summed E-state index contributed by atoms with van der Waals surface area (Å²) < 4.78 is 11.0. The summed E-state index contributed by atoms with van der Waals surface area (Å²) >= 11 is 0. The third-order valence-corrected chi connectivity index (χ3v) is 6.51. The van der Waals surface area contributed by atoms with Gasteiger partial charge >= 0.3 is 5.97 Å². The van der Waals surface area contributed by atoms with Crippen LogP contribution in [-0.4, -0.2) is 41.6 Å². The van der Waals surface area contributed by atoms with E-state index in [1.807, 2.05) is 24.3 Å². The topological polar surface area (TPSA) is 114 Å². The smallest absolute Gasteiger partial charge is 0.328 e. The fourth-order valence-corrected chi connectivity index (χ4v) is 4.38. The minimum Gasteiger partial charge on any atom is -0.486 e. The van der Waals surface area contributed by atoms with Crippen molar-refractivity contribution in [3.8, 4) is 11.5 Å². The Labute approximate surface area is 198 Å². The zero-order valence-corrected chi connectivity index (χ0v) is 19.4. The lowest BCUT2D eigenvalue weighted by Crippen LogP contribution is -2.51. The molecule has 1 aliphatic carbocycles. The number of carboxylic acid groups (broad SMARTS) is 1. The minimum absolute atomic E-state index is 0.167. The first-order valence-corrected chi connectivity index (χ1v) is 11.6. The molecule has 34 heavy (non-hydrogen) atoms. The van der Waals surface area contributed by atoms with Crippen LogP contribution < -0.4 is 20.1 Å². The van der Waals surface area contributed by atoms with Crippen LogP contribution in [0, 0.1) is 5.92 Å². The van der Waals surface area contributed by atoms with Crippen LogP contribution >= 0.6 is 0 Å². The highest BCUT2D eigenvalue weighted by atomic mass is 16.6. The molecule has 0 radical (unpaired) electrons. The van der Waals surface area contributed by atoms with Crippen LogP contribution in [0.4, 0.5) is 5.69 Å². The van der Waals surface area contributed by atoms with E-state index in [4.69, 9.17) is 9.47 Å². The molecule has 1 heterocycles. The van der Waals surface area contributed by atoms with Gasteiger partial charge in [-0.1, -0.05) is 12.1 Å². The molecule has 180 valence electrons. The van der Waals surface area contributed by atoms with Crippen LogP contribution in [0.3, 0.4) is 0 Å². The number of aliphatic carboxylic acids is 1. The van der Waals surface area contributed by atoms with E-state index < -0.39 is 11.5 Å². The third kappa shape index (κ3) is 5.32. The van der Waals surface area contributed by atoms with Crippen molar-refractivity contribution in [2.75, 3.05) is 18.5 Å². The van der Waals surface area contributed by atoms with Crippen LogP contribution in [0.25, 0.3) is 0 Å². The number of carbonyl (C=O) groups is 3. The molecule has 2 aliphatic rings. The van der Waals surface area contributed by atoms with E-state index >= 15 is 0 Å². The Morgan fingerprint density at radius 2 is 1.56 bits per heavy atom. The maximum Gasteiger partial charge on any atom is 0.328 e. The monoisotopic (exact) mass is 466 g/mol. The van der Waals surface area contributed by atoms with E-state index in [0.717, 1.165) is 25.7 Å². The Balaban J connectivity index is 1.31. The summed E-state index contributed by atoms with van der Waals surface area (Å²) in [6.07, 6.45) is 3.15. The van der Waals surface area contributed by atoms with Gasteiger partial charge in [0.1, 0.15) is 18.8 Å². The van der Waals surface area contributed by atoms with Crippen LogP contribution in [0.2, 0.25) is 0 Å². The minimum atomic E-state index is -1.27. The van der Waals surface area contributed by atoms with Crippen molar-refractivity contribution in [2.45, 2.75) is 51.0 Å². The van der Waals surface area contributed by atoms with E-state index in [9.17, 15) is 19.5 Å². The molecule has 0 spiro atoms. The van der Waals surface area contributed by atoms with Crippen LogP contribution in [0.5, 0.6) is 11.5 Å². The summed E-state index contributed by atoms with van der Waals surface area (Å²) in [6.45, 7) is 3.95. The molecule has 1 aliphatic heterocycles. The maximum absolute atomic E-state index is 12.6. The first kappa shape index (κ1) is 23.6. The standard InChI is InChI=1S/C26H30N2O6/c1-26(2,25(31)32)28-24(30)18-5-3-16(4-6-18)17-7-10-20(11-8-17)27-23(29)19-9-12-21-22(15-19)34-14-13-33-21/h7-12,15-16,18H,3-6,13-14H2,1-2H3,(H,27,29)(H,28,30)(H,31,32)/t16-,18-. The van der Waals surface area contributed by atoms with Crippen molar-refractivity contribution in [1.82, 2.24) is 5.32 Å². The van der Waals surface area contributed by atoms with E-state index in [1.165, 1.54) is 19.4 Å². The Kier molecular flexibility index (Phi) is 6.77. The molecule has 1 saturated carbocycles. The molecular formula is C26H30N2O6. The predicted molar refractivity (Wildman–Crippen MR) is 126 cm³/mol. The summed E-state index contributed by atoms with van der Waals surface area (Å²) in [4.78, 5) is 36.4. The van der Waals surface area contributed by atoms with E-state index in [0.29, 0.717) is 41.9 Å². The van der Waals surface area contributed by atoms with Crippen LogP contribution in [-0.2, 0) is 9.59 Å². The molecule has 0 aromatic heterocycles. The summed E-state index contributed by atoms with van der Waals surface area (Å²) in [5.74, 6) is -0.0761. The lowest BCUT2D eigenvalue weighted by atomic mass is 9.78. The number of benzene rings is 2. The van der Waals surface area contributed by atoms with Gasteiger partial charge in [0, 0.05) is 17.2 Å². The predicted octanol–water partition coefficient (Wildman–Crippen LogP) is 3.96. The number of ether oxygens (including phenoxy) is 2. The normalized spacial score (nSPS) is 19.7. The summed E-state index contributed by atoms with van der Waals surface area (Å²) in [6, 6.07) is 12.9. The zero-order chi connectivity index (χ0) is 24.3. The van der Waals surface area contributed by atoms with Crippen molar-refractivity contribution in [1.29, 1.82) is 0 Å². The molecule has 0 saturated heterocycles. The van der Waals surface area contributed by atoms with E-state index in [-0.39, 0.29) is 17.7 Å².